The van der Waals surface area contributed by atoms with E-state index in [4.69, 9.17) is 5.11 Å². The fourth-order valence-electron chi connectivity index (χ4n) is 0.254. The molecule has 0 aromatic rings. The second-order valence-corrected chi connectivity index (χ2v) is 1.48. The first-order valence-corrected chi connectivity index (χ1v) is 2.34. The van der Waals surface area contributed by atoms with E-state index < -0.39 is 25.4 Å². The lowest BCUT2D eigenvalue weighted by Gasteiger charge is -2.03. The first kappa shape index (κ1) is 9.06. The zero-order valence-electron chi connectivity index (χ0n) is 4.81. The molecule has 0 rings (SSSR count). The minimum absolute atomic E-state index is 0.834. The molecule has 0 aromatic heterocycles. The largest absolute Gasteiger partial charge is 0.505 e. The van der Waals surface area contributed by atoms with Crippen LogP contribution in [0.2, 0.25) is 0 Å². The molecule has 10 heavy (non-hydrogen) atoms. The second-order valence-electron chi connectivity index (χ2n) is 1.48. The molecule has 0 aliphatic rings. The third kappa shape index (κ3) is 7.06. The molecule has 0 saturated heterocycles. The Balaban J connectivity index is 3.29. The number of rotatable bonds is 2. The number of carboxylic acid groups (broad SMARTS) is 1. The number of alkyl halides is 3. The topological polar surface area (TPSA) is 46.5 Å². The monoisotopic (exact) mass is 158 g/mol. The third-order valence-electron chi connectivity index (χ3n) is 0.611. The van der Waals surface area contributed by atoms with Crippen LogP contribution in [-0.2, 0) is 4.74 Å². The molecule has 60 valence electrons. The van der Waals surface area contributed by atoms with Crippen molar-refractivity contribution in [2.45, 2.75) is 12.6 Å². The average Bonchev–Trinajstić information content (AvgIpc) is 1.59. The molecule has 0 fully saturated rings. The predicted molar refractivity (Wildman–Crippen MR) is 24.6 cm³/mol. The average molecular weight is 158 g/mol. The van der Waals surface area contributed by atoms with Crippen molar-refractivity contribution in [3.8, 4) is 0 Å². The van der Waals surface area contributed by atoms with Crippen LogP contribution in [0.5, 0.6) is 0 Å². The molecule has 0 spiro atoms. The van der Waals surface area contributed by atoms with E-state index in [1.54, 1.807) is 0 Å². The van der Waals surface area contributed by atoms with Gasteiger partial charge in [-0.1, -0.05) is 0 Å². The van der Waals surface area contributed by atoms with Crippen LogP contribution in [0.25, 0.3) is 0 Å². The molecular formula is C4H5F3O3. The van der Waals surface area contributed by atoms with Gasteiger partial charge in [0, 0.05) is 0 Å². The molecule has 0 atom stereocenters. The van der Waals surface area contributed by atoms with Crippen LogP contribution in [0.4, 0.5) is 18.0 Å². The summed E-state index contributed by atoms with van der Waals surface area (Å²) in [4.78, 5) is 9.50. The van der Waals surface area contributed by atoms with E-state index in [0.29, 0.717) is 0 Å². The second kappa shape index (κ2) is 3.28. The smallest absolute Gasteiger partial charge is 0.450 e. The van der Waals surface area contributed by atoms with Gasteiger partial charge in [-0.15, -0.1) is 0 Å². The molecule has 1 N–H and O–H groups in total. The Morgan fingerprint density at radius 1 is 1.50 bits per heavy atom. The van der Waals surface area contributed by atoms with Gasteiger partial charge in [-0.05, 0) is 0 Å². The van der Waals surface area contributed by atoms with E-state index in [1.807, 2.05) is 0 Å². The molecule has 0 radical (unpaired) electrons. The number of hydrogen-bond donors (Lipinski definition) is 1. The van der Waals surface area contributed by atoms with Crippen molar-refractivity contribution in [2.75, 3.05) is 6.61 Å². The molecule has 0 aromatic carbocycles. The van der Waals surface area contributed by atoms with E-state index in [-0.39, 0.29) is 0 Å². The van der Waals surface area contributed by atoms with Crippen molar-refractivity contribution in [3.63, 3.8) is 0 Å². The van der Waals surface area contributed by atoms with Gasteiger partial charge >= 0.3 is 12.3 Å². The molecule has 0 heterocycles. The van der Waals surface area contributed by atoms with Gasteiger partial charge in [0.1, 0.15) is 6.61 Å². The Labute approximate surface area is 54.4 Å². The van der Waals surface area contributed by atoms with Crippen molar-refractivity contribution in [2.24, 2.45) is 0 Å². The van der Waals surface area contributed by atoms with E-state index >= 15 is 0 Å². The first-order chi connectivity index (χ1) is 4.42. The van der Waals surface area contributed by atoms with Gasteiger partial charge in [-0.3, -0.25) is 0 Å². The molecule has 0 aliphatic heterocycles. The molecule has 0 amide bonds. The first-order valence-electron chi connectivity index (χ1n) is 2.34. The summed E-state index contributed by atoms with van der Waals surface area (Å²) in [6.45, 7) is -0.834. The summed E-state index contributed by atoms with van der Waals surface area (Å²) in [5, 5.41) is 7.72. The third-order valence-corrected chi connectivity index (χ3v) is 0.611. The number of hydrogen-bond acceptors (Lipinski definition) is 2. The number of carbonyl (C=O) groups is 1. The highest BCUT2D eigenvalue weighted by Crippen LogP contribution is 2.18. The summed E-state index contributed by atoms with van der Waals surface area (Å²) >= 11 is 0. The van der Waals surface area contributed by atoms with Crippen LogP contribution >= 0.6 is 0 Å². The minimum Gasteiger partial charge on any atom is -0.450 e. The van der Waals surface area contributed by atoms with E-state index in [1.165, 1.54) is 0 Å². The van der Waals surface area contributed by atoms with Crippen molar-refractivity contribution in [1.82, 2.24) is 0 Å². The van der Waals surface area contributed by atoms with Crippen LogP contribution in [0.3, 0.4) is 0 Å². The lowest BCUT2D eigenvalue weighted by atomic mass is 10.4. The summed E-state index contributed by atoms with van der Waals surface area (Å²) < 4.78 is 37.3. The van der Waals surface area contributed by atoms with Crippen LogP contribution in [0.15, 0.2) is 0 Å². The van der Waals surface area contributed by atoms with Gasteiger partial charge in [0.25, 0.3) is 0 Å². The van der Waals surface area contributed by atoms with E-state index in [0.717, 1.165) is 0 Å². The van der Waals surface area contributed by atoms with Crippen molar-refractivity contribution < 1.29 is 27.8 Å². The number of ether oxygens (including phenoxy) is 1. The molecule has 0 unspecified atom stereocenters. The quantitative estimate of drug-likeness (QED) is 0.621. The molecule has 3 nitrogen and oxygen atoms in total. The van der Waals surface area contributed by atoms with Gasteiger partial charge in [0.2, 0.25) is 0 Å². The summed E-state index contributed by atoms with van der Waals surface area (Å²) in [5.74, 6) is 0. The fourth-order valence-corrected chi connectivity index (χ4v) is 0.254. The van der Waals surface area contributed by atoms with E-state index in [9.17, 15) is 18.0 Å². The summed E-state index contributed by atoms with van der Waals surface area (Å²) in [5.41, 5.74) is 0. The van der Waals surface area contributed by atoms with E-state index in [2.05, 4.69) is 4.74 Å². The maximum absolute atomic E-state index is 11.2. The summed E-state index contributed by atoms with van der Waals surface area (Å²) in [7, 11) is 0. The highest BCUT2D eigenvalue weighted by Gasteiger charge is 2.27. The highest BCUT2D eigenvalue weighted by atomic mass is 19.4. The van der Waals surface area contributed by atoms with Gasteiger partial charge in [-0.2, -0.15) is 13.2 Å². The van der Waals surface area contributed by atoms with Crippen molar-refractivity contribution in [3.05, 3.63) is 0 Å². The minimum atomic E-state index is -4.35. The standard InChI is InChI=1S/C4H5F3O3/c5-4(6,7)1-2-10-3(8)9/h1-2H2,(H,8,9). The Kier molecular flexibility index (Phi) is 2.98. The predicted octanol–water partition coefficient (Wildman–Crippen LogP) is 1.63. The van der Waals surface area contributed by atoms with Crippen LogP contribution in [0.1, 0.15) is 6.42 Å². The highest BCUT2D eigenvalue weighted by molar-refractivity contribution is 5.56. The van der Waals surface area contributed by atoms with Crippen molar-refractivity contribution in [1.29, 1.82) is 0 Å². The normalized spacial score (nSPS) is 11.1. The number of halogens is 3. The van der Waals surface area contributed by atoms with Gasteiger partial charge in [0.05, 0.1) is 6.42 Å². The van der Waals surface area contributed by atoms with Crippen molar-refractivity contribution >= 4 is 6.16 Å². The van der Waals surface area contributed by atoms with Crippen LogP contribution in [0, 0.1) is 0 Å². The Morgan fingerprint density at radius 2 is 2.00 bits per heavy atom. The van der Waals surface area contributed by atoms with Gasteiger partial charge in [-0.25, -0.2) is 4.79 Å². The van der Waals surface area contributed by atoms with Crippen LogP contribution in [-0.4, -0.2) is 24.0 Å². The Morgan fingerprint density at radius 3 is 2.30 bits per heavy atom. The fraction of sp³-hybridized carbons (Fsp3) is 0.750. The lowest BCUT2D eigenvalue weighted by Crippen LogP contribution is -2.13. The summed E-state index contributed by atoms with van der Waals surface area (Å²) in [6.07, 6.45) is -7.28. The Bertz CT molecular complexity index is 119. The maximum atomic E-state index is 11.2. The van der Waals surface area contributed by atoms with Gasteiger partial charge in [0.15, 0.2) is 0 Å². The van der Waals surface area contributed by atoms with Gasteiger partial charge < -0.3 is 9.84 Å². The van der Waals surface area contributed by atoms with Crippen LogP contribution < -0.4 is 0 Å². The Hall–Kier alpha value is -0.940. The molecule has 0 saturated carbocycles. The molecule has 6 heteroatoms. The summed E-state index contributed by atoms with van der Waals surface area (Å²) in [6, 6.07) is 0. The lowest BCUT2D eigenvalue weighted by molar-refractivity contribution is -0.142. The zero-order valence-corrected chi connectivity index (χ0v) is 4.81. The molecule has 0 aliphatic carbocycles. The maximum Gasteiger partial charge on any atom is 0.505 e. The molecular weight excluding hydrogens is 153 g/mol. The molecule has 0 bridgehead atoms. The SMILES string of the molecule is O=C(O)OCCC(F)(F)F. The zero-order chi connectivity index (χ0) is 8.20.